The van der Waals surface area contributed by atoms with Crippen molar-refractivity contribution in [3.05, 3.63) is 28.8 Å². The Balaban J connectivity index is 3.03. The van der Waals surface area contributed by atoms with Crippen LogP contribution in [0, 0.1) is 0 Å². The average Bonchev–Trinajstić information content (AvgIpc) is 2.34. The van der Waals surface area contributed by atoms with E-state index in [4.69, 9.17) is 17.3 Å². The number of nitrogens with two attached hydrogens (primary N) is 1. The van der Waals surface area contributed by atoms with Gasteiger partial charge >= 0.3 is 0 Å². The fourth-order valence-corrected chi connectivity index (χ4v) is 2.67. The zero-order valence-electron chi connectivity index (χ0n) is 13.2. The maximum absolute atomic E-state index is 6.46. The highest BCUT2D eigenvalue weighted by Crippen LogP contribution is 2.31. The molecular formula is C16H28ClN3. The van der Waals surface area contributed by atoms with Crippen molar-refractivity contribution >= 4 is 17.3 Å². The van der Waals surface area contributed by atoms with E-state index in [1.807, 2.05) is 19.1 Å². The van der Waals surface area contributed by atoms with Gasteiger partial charge in [-0.05, 0) is 45.5 Å². The molecule has 0 bridgehead atoms. The summed E-state index contributed by atoms with van der Waals surface area (Å²) >= 11 is 6.46. The molecule has 1 atom stereocenters. The first-order valence-electron chi connectivity index (χ1n) is 7.38. The van der Waals surface area contributed by atoms with Crippen molar-refractivity contribution in [2.24, 2.45) is 5.73 Å². The second kappa shape index (κ2) is 8.50. The summed E-state index contributed by atoms with van der Waals surface area (Å²) in [7, 11) is 4.19. The molecule has 0 spiro atoms. The minimum atomic E-state index is 0.143. The number of hydrogen-bond donors (Lipinski definition) is 1. The van der Waals surface area contributed by atoms with Crippen LogP contribution < -0.4 is 10.6 Å². The van der Waals surface area contributed by atoms with E-state index in [9.17, 15) is 0 Å². The third-order valence-corrected chi connectivity index (χ3v) is 3.54. The molecule has 0 heterocycles. The zero-order valence-corrected chi connectivity index (χ0v) is 14.0. The molecular weight excluding hydrogens is 270 g/mol. The van der Waals surface area contributed by atoms with Gasteiger partial charge in [0.15, 0.2) is 0 Å². The molecule has 0 amide bonds. The zero-order chi connectivity index (χ0) is 15.1. The van der Waals surface area contributed by atoms with Crippen LogP contribution in [0.3, 0.4) is 0 Å². The normalized spacial score (nSPS) is 12.8. The van der Waals surface area contributed by atoms with E-state index in [-0.39, 0.29) is 6.04 Å². The topological polar surface area (TPSA) is 32.5 Å². The smallest absolute Gasteiger partial charge is 0.0642 e. The van der Waals surface area contributed by atoms with Gasteiger partial charge < -0.3 is 15.5 Å². The van der Waals surface area contributed by atoms with E-state index in [0.717, 1.165) is 43.2 Å². The van der Waals surface area contributed by atoms with Gasteiger partial charge in [0.05, 0.1) is 10.7 Å². The van der Waals surface area contributed by atoms with E-state index >= 15 is 0 Å². The van der Waals surface area contributed by atoms with E-state index in [2.05, 4.69) is 36.9 Å². The first-order valence-corrected chi connectivity index (χ1v) is 7.76. The molecule has 0 fully saturated rings. The van der Waals surface area contributed by atoms with Crippen molar-refractivity contribution < 1.29 is 0 Å². The number of likely N-dealkylation sites (N-methyl/N-ethyl adjacent to an activating group) is 1. The molecule has 0 aliphatic heterocycles. The van der Waals surface area contributed by atoms with Crippen LogP contribution in [-0.4, -0.2) is 44.7 Å². The quantitative estimate of drug-likeness (QED) is 0.800. The lowest BCUT2D eigenvalue weighted by molar-refractivity contribution is 0.412. The fourth-order valence-electron chi connectivity index (χ4n) is 2.35. The molecule has 0 aliphatic carbocycles. The van der Waals surface area contributed by atoms with Crippen LogP contribution in [0.4, 0.5) is 5.69 Å². The van der Waals surface area contributed by atoms with Crippen molar-refractivity contribution in [3.63, 3.8) is 0 Å². The highest BCUT2D eigenvalue weighted by atomic mass is 35.5. The van der Waals surface area contributed by atoms with Gasteiger partial charge in [-0.3, -0.25) is 0 Å². The van der Waals surface area contributed by atoms with E-state index in [1.165, 1.54) is 5.56 Å². The summed E-state index contributed by atoms with van der Waals surface area (Å²) in [6.45, 7) is 7.25. The predicted molar refractivity (Wildman–Crippen MR) is 89.9 cm³/mol. The molecule has 114 valence electrons. The van der Waals surface area contributed by atoms with Gasteiger partial charge in [-0.15, -0.1) is 0 Å². The molecule has 20 heavy (non-hydrogen) atoms. The van der Waals surface area contributed by atoms with Crippen LogP contribution in [0.15, 0.2) is 18.2 Å². The van der Waals surface area contributed by atoms with Crippen molar-refractivity contribution in [2.45, 2.75) is 32.7 Å². The lowest BCUT2D eigenvalue weighted by Gasteiger charge is -2.29. The van der Waals surface area contributed by atoms with Crippen LogP contribution in [0.2, 0.25) is 5.02 Å². The first-order chi connectivity index (χ1) is 9.45. The molecule has 0 saturated carbocycles. The van der Waals surface area contributed by atoms with E-state index < -0.39 is 0 Å². The fraction of sp³-hybridized carbons (Fsp3) is 0.625. The van der Waals surface area contributed by atoms with Gasteiger partial charge in [0.1, 0.15) is 0 Å². The Morgan fingerprint density at radius 1 is 1.20 bits per heavy atom. The van der Waals surface area contributed by atoms with Crippen LogP contribution >= 0.6 is 11.6 Å². The number of hydrogen-bond acceptors (Lipinski definition) is 3. The van der Waals surface area contributed by atoms with Gasteiger partial charge in [0, 0.05) is 25.7 Å². The SMILES string of the molecule is CCCN(CCN(C)C)c1c(Cl)cccc1CC(C)N. The van der Waals surface area contributed by atoms with Gasteiger partial charge in [0.2, 0.25) is 0 Å². The Morgan fingerprint density at radius 3 is 2.45 bits per heavy atom. The number of para-hydroxylation sites is 1. The minimum absolute atomic E-state index is 0.143. The molecule has 0 aliphatic rings. The van der Waals surface area contributed by atoms with E-state index in [0.29, 0.717) is 0 Å². The van der Waals surface area contributed by atoms with Crippen LogP contribution in [0.1, 0.15) is 25.8 Å². The molecule has 1 unspecified atom stereocenters. The summed E-state index contributed by atoms with van der Waals surface area (Å²) < 4.78 is 0. The highest BCUT2D eigenvalue weighted by molar-refractivity contribution is 6.33. The molecule has 1 rings (SSSR count). The summed E-state index contributed by atoms with van der Waals surface area (Å²) in [6.07, 6.45) is 1.97. The Labute approximate surface area is 128 Å². The summed E-state index contributed by atoms with van der Waals surface area (Å²) in [6, 6.07) is 6.27. The van der Waals surface area contributed by atoms with Gasteiger partial charge in [-0.25, -0.2) is 0 Å². The second-order valence-corrected chi connectivity index (χ2v) is 6.13. The molecule has 4 heteroatoms. The summed E-state index contributed by atoms with van der Waals surface area (Å²) in [5, 5.41) is 0.829. The third kappa shape index (κ3) is 5.31. The number of anilines is 1. The van der Waals surface area contributed by atoms with Gasteiger partial charge in [-0.2, -0.15) is 0 Å². The molecule has 1 aromatic carbocycles. The monoisotopic (exact) mass is 297 g/mol. The minimum Gasteiger partial charge on any atom is -0.369 e. The highest BCUT2D eigenvalue weighted by Gasteiger charge is 2.15. The third-order valence-electron chi connectivity index (χ3n) is 3.24. The lowest BCUT2D eigenvalue weighted by Crippen LogP contribution is -2.33. The molecule has 0 saturated heterocycles. The summed E-state index contributed by atoms with van der Waals surface area (Å²) in [5.74, 6) is 0. The maximum atomic E-state index is 6.46. The van der Waals surface area contributed by atoms with Crippen LogP contribution in [-0.2, 0) is 6.42 Å². The Morgan fingerprint density at radius 2 is 1.90 bits per heavy atom. The lowest BCUT2D eigenvalue weighted by atomic mass is 10.0. The predicted octanol–water partition coefficient (Wildman–Crippen LogP) is 3.01. The number of benzene rings is 1. The number of nitrogens with zero attached hydrogens (tertiary/aromatic N) is 2. The Hall–Kier alpha value is -0.770. The Kier molecular flexibility index (Phi) is 7.35. The van der Waals surface area contributed by atoms with Crippen molar-refractivity contribution in [1.29, 1.82) is 0 Å². The largest absolute Gasteiger partial charge is 0.369 e. The second-order valence-electron chi connectivity index (χ2n) is 5.72. The van der Waals surface area contributed by atoms with Crippen LogP contribution in [0.25, 0.3) is 0 Å². The van der Waals surface area contributed by atoms with Crippen molar-refractivity contribution in [2.75, 3.05) is 38.6 Å². The first kappa shape index (κ1) is 17.3. The average molecular weight is 298 g/mol. The van der Waals surface area contributed by atoms with E-state index in [1.54, 1.807) is 0 Å². The molecule has 0 radical (unpaired) electrons. The maximum Gasteiger partial charge on any atom is 0.0642 e. The van der Waals surface area contributed by atoms with Crippen molar-refractivity contribution in [1.82, 2.24) is 4.90 Å². The van der Waals surface area contributed by atoms with Gasteiger partial charge in [0.25, 0.3) is 0 Å². The standard InChI is InChI=1S/C16H28ClN3/c1-5-9-20(11-10-19(3)4)16-14(12-13(2)18)7-6-8-15(16)17/h6-8,13H,5,9-12,18H2,1-4H3. The van der Waals surface area contributed by atoms with Crippen LogP contribution in [0.5, 0.6) is 0 Å². The van der Waals surface area contributed by atoms with Gasteiger partial charge in [-0.1, -0.05) is 30.7 Å². The Bertz CT molecular complexity index is 405. The molecule has 1 aromatic rings. The summed E-state index contributed by atoms with van der Waals surface area (Å²) in [5.41, 5.74) is 8.38. The number of halogens is 1. The van der Waals surface area contributed by atoms with Crippen molar-refractivity contribution in [3.8, 4) is 0 Å². The number of rotatable bonds is 8. The molecule has 0 aromatic heterocycles. The molecule has 3 nitrogen and oxygen atoms in total. The molecule has 2 N–H and O–H groups in total. The summed E-state index contributed by atoms with van der Waals surface area (Å²) in [4.78, 5) is 4.59.